The molecule has 1 aromatic carbocycles. The van der Waals surface area contributed by atoms with E-state index in [-0.39, 0.29) is 0 Å². The van der Waals surface area contributed by atoms with Gasteiger partial charge < -0.3 is 4.74 Å². The number of nitrogens with one attached hydrogen (secondary N) is 1. The SMILES string of the molecule is CCc1cc(NC(=O)Oc2ccccc2)n(C)n1. The first-order chi connectivity index (χ1) is 8.69. The molecule has 0 aliphatic rings. The second kappa shape index (κ2) is 5.35. The van der Waals surface area contributed by atoms with Crippen LogP contribution in [-0.2, 0) is 13.5 Å². The van der Waals surface area contributed by atoms with Crippen molar-refractivity contribution in [1.82, 2.24) is 9.78 Å². The number of benzene rings is 1. The molecule has 5 heteroatoms. The molecule has 0 bridgehead atoms. The lowest BCUT2D eigenvalue weighted by Crippen LogP contribution is -2.18. The quantitative estimate of drug-likeness (QED) is 0.904. The van der Waals surface area contributed by atoms with Crippen molar-refractivity contribution in [2.75, 3.05) is 5.32 Å². The normalized spacial score (nSPS) is 10.1. The number of hydrogen-bond donors (Lipinski definition) is 1. The van der Waals surface area contributed by atoms with E-state index in [1.54, 1.807) is 23.9 Å². The molecule has 5 nitrogen and oxygen atoms in total. The fourth-order valence-corrected chi connectivity index (χ4v) is 1.54. The lowest BCUT2D eigenvalue weighted by atomic mass is 10.3. The van der Waals surface area contributed by atoms with E-state index in [1.165, 1.54) is 0 Å². The average Bonchev–Trinajstić information content (AvgIpc) is 2.71. The van der Waals surface area contributed by atoms with Crippen LogP contribution in [0.4, 0.5) is 10.6 Å². The van der Waals surface area contributed by atoms with Gasteiger partial charge in [-0.3, -0.25) is 10.00 Å². The van der Waals surface area contributed by atoms with Gasteiger partial charge in [-0.25, -0.2) is 4.79 Å². The summed E-state index contributed by atoms with van der Waals surface area (Å²) in [4.78, 5) is 11.7. The highest BCUT2D eigenvalue weighted by Gasteiger charge is 2.09. The van der Waals surface area contributed by atoms with Gasteiger partial charge in [0.15, 0.2) is 0 Å². The van der Waals surface area contributed by atoms with Gasteiger partial charge in [-0.2, -0.15) is 5.10 Å². The standard InChI is InChI=1S/C13H15N3O2/c1-3-10-9-12(16(2)15-10)14-13(17)18-11-7-5-4-6-8-11/h4-9H,3H2,1-2H3,(H,14,17). The van der Waals surface area contributed by atoms with Crippen LogP contribution in [0.1, 0.15) is 12.6 Å². The summed E-state index contributed by atoms with van der Waals surface area (Å²) in [7, 11) is 1.78. The molecule has 1 heterocycles. The topological polar surface area (TPSA) is 56.1 Å². The Balaban J connectivity index is 2.01. The molecule has 0 saturated carbocycles. The van der Waals surface area contributed by atoms with E-state index in [1.807, 2.05) is 31.2 Å². The molecular formula is C13H15N3O2. The Morgan fingerprint density at radius 3 is 2.72 bits per heavy atom. The van der Waals surface area contributed by atoms with Crippen molar-refractivity contribution < 1.29 is 9.53 Å². The van der Waals surface area contributed by atoms with Crippen molar-refractivity contribution in [1.29, 1.82) is 0 Å². The Bertz CT molecular complexity index is 534. The van der Waals surface area contributed by atoms with Gasteiger partial charge in [0, 0.05) is 13.1 Å². The molecule has 0 saturated heterocycles. The summed E-state index contributed by atoms with van der Waals surface area (Å²) in [6.45, 7) is 2.01. The third-order valence-electron chi connectivity index (χ3n) is 2.48. The highest BCUT2D eigenvalue weighted by Crippen LogP contribution is 2.12. The number of para-hydroxylation sites is 1. The summed E-state index contributed by atoms with van der Waals surface area (Å²) in [5.74, 6) is 1.13. The molecule has 0 aliphatic carbocycles. The zero-order valence-electron chi connectivity index (χ0n) is 10.4. The summed E-state index contributed by atoms with van der Waals surface area (Å²) in [6.07, 6.45) is 0.301. The molecule has 94 valence electrons. The van der Waals surface area contributed by atoms with E-state index in [2.05, 4.69) is 10.4 Å². The summed E-state index contributed by atoms with van der Waals surface area (Å²) in [5.41, 5.74) is 0.924. The molecule has 1 aromatic heterocycles. The molecule has 2 rings (SSSR count). The number of rotatable bonds is 3. The smallest absolute Gasteiger partial charge is 0.410 e. The van der Waals surface area contributed by atoms with E-state index < -0.39 is 6.09 Å². The van der Waals surface area contributed by atoms with Crippen LogP contribution >= 0.6 is 0 Å². The van der Waals surface area contributed by atoms with Crippen molar-refractivity contribution in [3.63, 3.8) is 0 Å². The van der Waals surface area contributed by atoms with Crippen molar-refractivity contribution in [2.24, 2.45) is 7.05 Å². The third kappa shape index (κ3) is 2.88. The van der Waals surface area contributed by atoms with Gasteiger partial charge >= 0.3 is 6.09 Å². The fourth-order valence-electron chi connectivity index (χ4n) is 1.54. The molecule has 0 spiro atoms. The molecule has 1 N–H and O–H groups in total. The Morgan fingerprint density at radius 1 is 1.39 bits per heavy atom. The second-order valence-corrected chi connectivity index (χ2v) is 3.83. The van der Waals surface area contributed by atoms with Crippen LogP contribution in [0.2, 0.25) is 0 Å². The largest absolute Gasteiger partial charge is 0.418 e. The minimum atomic E-state index is -0.521. The summed E-state index contributed by atoms with van der Waals surface area (Å²) in [5, 5.41) is 6.89. The third-order valence-corrected chi connectivity index (χ3v) is 2.48. The van der Waals surface area contributed by atoms with Crippen molar-refractivity contribution in [3.05, 3.63) is 42.1 Å². The van der Waals surface area contributed by atoms with Crippen LogP contribution in [0.25, 0.3) is 0 Å². The van der Waals surface area contributed by atoms with Gasteiger partial charge in [-0.1, -0.05) is 25.1 Å². The number of aryl methyl sites for hydroxylation is 2. The summed E-state index contributed by atoms with van der Waals surface area (Å²) < 4.78 is 6.74. The number of carbonyl (C=O) groups is 1. The number of anilines is 1. The second-order valence-electron chi connectivity index (χ2n) is 3.83. The Kier molecular flexibility index (Phi) is 3.62. The van der Waals surface area contributed by atoms with Gasteiger partial charge in [0.25, 0.3) is 0 Å². The first-order valence-electron chi connectivity index (χ1n) is 5.76. The van der Waals surface area contributed by atoms with E-state index in [0.29, 0.717) is 11.6 Å². The number of aromatic nitrogens is 2. The van der Waals surface area contributed by atoms with E-state index >= 15 is 0 Å². The lowest BCUT2D eigenvalue weighted by molar-refractivity contribution is 0.215. The van der Waals surface area contributed by atoms with Crippen LogP contribution in [0.5, 0.6) is 5.75 Å². The fraction of sp³-hybridized carbons (Fsp3) is 0.231. The van der Waals surface area contributed by atoms with Gasteiger partial charge in [-0.15, -0.1) is 0 Å². The van der Waals surface area contributed by atoms with Crippen LogP contribution in [0.15, 0.2) is 36.4 Å². The molecule has 0 unspecified atom stereocenters. The number of nitrogens with zero attached hydrogens (tertiary/aromatic N) is 2. The maximum Gasteiger partial charge on any atom is 0.418 e. The molecule has 2 aromatic rings. The first kappa shape index (κ1) is 12.2. The molecule has 1 amide bonds. The van der Waals surface area contributed by atoms with E-state index in [4.69, 9.17) is 4.74 Å². The zero-order valence-corrected chi connectivity index (χ0v) is 10.4. The highest BCUT2D eigenvalue weighted by atomic mass is 16.6. The van der Waals surface area contributed by atoms with Gasteiger partial charge in [0.1, 0.15) is 11.6 Å². The van der Waals surface area contributed by atoms with Gasteiger partial charge in [-0.05, 0) is 18.6 Å². The molecule has 0 atom stereocenters. The molecule has 0 fully saturated rings. The lowest BCUT2D eigenvalue weighted by Gasteiger charge is -2.05. The predicted octanol–water partition coefficient (Wildman–Crippen LogP) is 2.59. The maximum atomic E-state index is 11.7. The highest BCUT2D eigenvalue weighted by molar-refractivity contribution is 5.85. The Hall–Kier alpha value is -2.30. The minimum Gasteiger partial charge on any atom is -0.410 e. The van der Waals surface area contributed by atoms with E-state index in [0.717, 1.165) is 12.1 Å². The van der Waals surface area contributed by atoms with Gasteiger partial charge in [0.2, 0.25) is 0 Å². The first-order valence-corrected chi connectivity index (χ1v) is 5.76. The summed E-state index contributed by atoms with van der Waals surface area (Å²) >= 11 is 0. The predicted molar refractivity (Wildman–Crippen MR) is 68.7 cm³/mol. The Labute approximate surface area is 105 Å². The minimum absolute atomic E-state index is 0.507. The molecule has 0 radical (unpaired) electrons. The number of amides is 1. The van der Waals surface area contributed by atoms with Crippen molar-refractivity contribution >= 4 is 11.9 Å². The zero-order chi connectivity index (χ0) is 13.0. The van der Waals surface area contributed by atoms with E-state index in [9.17, 15) is 4.79 Å². The molecule has 18 heavy (non-hydrogen) atoms. The van der Waals surface area contributed by atoms with Crippen LogP contribution in [0, 0.1) is 0 Å². The maximum absolute atomic E-state index is 11.7. The monoisotopic (exact) mass is 245 g/mol. The number of carbonyl (C=O) groups excluding carboxylic acids is 1. The molecule has 0 aliphatic heterocycles. The van der Waals surface area contributed by atoms with Crippen molar-refractivity contribution in [2.45, 2.75) is 13.3 Å². The van der Waals surface area contributed by atoms with Gasteiger partial charge in [0.05, 0.1) is 5.69 Å². The van der Waals surface area contributed by atoms with Crippen LogP contribution in [0.3, 0.4) is 0 Å². The molecular weight excluding hydrogens is 230 g/mol. The van der Waals surface area contributed by atoms with Crippen LogP contribution < -0.4 is 10.1 Å². The van der Waals surface area contributed by atoms with Crippen molar-refractivity contribution in [3.8, 4) is 5.75 Å². The number of ether oxygens (including phenoxy) is 1. The Morgan fingerprint density at radius 2 is 2.11 bits per heavy atom. The summed E-state index contributed by atoms with van der Waals surface area (Å²) in [6, 6.07) is 10.7. The van der Waals surface area contributed by atoms with Crippen LogP contribution in [-0.4, -0.2) is 15.9 Å². The average molecular weight is 245 g/mol. The number of hydrogen-bond acceptors (Lipinski definition) is 3.